The van der Waals surface area contributed by atoms with Crippen molar-refractivity contribution < 1.29 is 8.83 Å². The van der Waals surface area contributed by atoms with Crippen LogP contribution in [0, 0.1) is 0 Å². The summed E-state index contributed by atoms with van der Waals surface area (Å²) in [5, 5.41) is 7.67. The van der Waals surface area contributed by atoms with E-state index in [1.54, 1.807) is 0 Å². The maximum atomic E-state index is 6.64. The maximum absolute atomic E-state index is 6.64. The molecule has 0 aliphatic rings. The zero-order valence-electron chi connectivity index (χ0n) is 34.4. The van der Waals surface area contributed by atoms with E-state index in [0.29, 0.717) is 5.82 Å². The molecule has 0 amide bonds. The normalized spacial score (nSPS) is 11.8. The van der Waals surface area contributed by atoms with Gasteiger partial charge in [-0.3, -0.25) is 0 Å². The van der Waals surface area contributed by atoms with Crippen LogP contribution in [0.4, 0.5) is 0 Å². The second kappa shape index (κ2) is 14.5. The molecule has 4 aromatic heterocycles. The van der Waals surface area contributed by atoms with Gasteiger partial charge < -0.3 is 8.83 Å². The van der Waals surface area contributed by atoms with Crippen molar-refractivity contribution >= 4 is 65.6 Å². The van der Waals surface area contributed by atoms with E-state index in [4.69, 9.17) is 23.8 Å². The van der Waals surface area contributed by atoms with E-state index in [0.717, 1.165) is 127 Å². The second-order valence-electron chi connectivity index (χ2n) is 16.3. The van der Waals surface area contributed by atoms with E-state index < -0.39 is 0 Å². The molecule has 0 aliphatic heterocycles. The van der Waals surface area contributed by atoms with Crippen molar-refractivity contribution in [3.8, 4) is 67.4 Å². The summed E-state index contributed by atoms with van der Waals surface area (Å²) >= 11 is 0. The van der Waals surface area contributed by atoms with Crippen LogP contribution in [0.15, 0.2) is 221 Å². The van der Waals surface area contributed by atoms with Crippen molar-refractivity contribution in [2.75, 3.05) is 0 Å². The minimum Gasteiger partial charge on any atom is -0.456 e. The van der Waals surface area contributed by atoms with Crippen LogP contribution in [0.5, 0.6) is 0 Å². The zero-order chi connectivity index (χ0) is 42.1. The van der Waals surface area contributed by atoms with E-state index in [1.807, 2.05) is 48.5 Å². The topological polar surface area (TPSA) is 65.0 Å². The summed E-state index contributed by atoms with van der Waals surface area (Å²) < 4.78 is 13.0. The first-order valence-corrected chi connectivity index (χ1v) is 21.5. The highest BCUT2D eigenvalue weighted by molar-refractivity contribution is 6.27. The number of furan rings is 2. The van der Waals surface area contributed by atoms with Gasteiger partial charge in [0.1, 0.15) is 22.3 Å². The molecule has 64 heavy (non-hydrogen) atoms. The first-order valence-electron chi connectivity index (χ1n) is 21.5. The van der Waals surface area contributed by atoms with Crippen LogP contribution < -0.4 is 0 Å². The smallest absolute Gasteiger partial charge is 0.160 e. The Balaban J connectivity index is 0.967. The largest absolute Gasteiger partial charge is 0.456 e. The average molecular weight is 818 g/mol. The Hall–Kier alpha value is -8.67. The summed E-state index contributed by atoms with van der Waals surface area (Å²) in [5.41, 5.74) is 15.3. The molecule has 5 nitrogen and oxygen atoms in total. The molecule has 0 saturated carbocycles. The summed E-state index contributed by atoms with van der Waals surface area (Å²) in [4.78, 5) is 15.7. The minimum absolute atomic E-state index is 0.655. The number of nitrogens with zero attached hydrogens (tertiary/aromatic N) is 3. The van der Waals surface area contributed by atoms with Gasteiger partial charge in [0.25, 0.3) is 0 Å². The van der Waals surface area contributed by atoms with Gasteiger partial charge in [-0.05, 0) is 41.5 Å². The van der Waals surface area contributed by atoms with Gasteiger partial charge in [-0.1, -0.05) is 182 Å². The van der Waals surface area contributed by atoms with Crippen molar-refractivity contribution in [1.82, 2.24) is 15.0 Å². The Morgan fingerprint density at radius 3 is 1.62 bits per heavy atom. The third-order valence-corrected chi connectivity index (χ3v) is 12.5. The van der Waals surface area contributed by atoms with Crippen molar-refractivity contribution in [2.45, 2.75) is 0 Å². The number of benzene rings is 9. The Morgan fingerprint density at radius 2 is 0.875 bits per heavy atom. The van der Waals surface area contributed by atoms with Crippen molar-refractivity contribution in [3.63, 3.8) is 0 Å². The van der Waals surface area contributed by atoms with Crippen molar-refractivity contribution in [1.29, 1.82) is 0 Å². The van der Waals surface area contributed by atoms with Gasteiger partial charge in [-0.15, -0.1) is 0 Å². The van der Waals surface area contributed by atoms with Gasteiger partial charge in [0, 0.05) is 71.1 Å². The molecular formula is C59H35N3O2. The average Bonchev–Trinajstić information content (AvgIpc) is 3.94. The Labute approximate surface area is 367 Å². The van der Waals surface area contributed by atoms with Crippen LogP contribution >= 0.6 is 0 Å². The molecule has 4 heterocycles. The number of hydrogen-bond donors (Lipinski definition) is 0. The molecule has 0 saturated heterocycles. The lowest BCUT2D eigenvalue weighted by Gasteiger charge is -2.16. The van der Waals surface area contributed by atoms with Crippen LogP contribution in [0.1, 0.15) is 0 Å². The number of fused-ring (bicyclic) bond motifs is 9. The third kappa shape index (κ3) is 5.83. The SMILES string of the molecule is c1ccc(-c2cc(-c3ccc(-c4c5c(cc6c(-c7ccccc7)nc7ccccc7c46)oc4ccccc45)cc3)nc(-c3ccc(-c4cccc5c4oc4ccccc45)cc3)n2)cc1. The van der Waals surface area contributed by atoms with Crippen LogP contribution in [0.3, 0.4) is 0 Å². The standard InChI is InChI=1S/C59H35N3O2/c1-3-14-37(15-4-1)49-35-50(62-59(61-49)41-32-26-36(27-33-41)42-21-13-22-44-43-18-8-11-24-51(43)64-58(42)44)38-28-30-39(31-29-38)54-55-45-19-7-10-23-48(45)60-57(40-16-5-2-6-17-40)47(55)34-53-56(54)46-20-9-12-25-52(46)63-53/h1-35H. The molecule has 0 N–H and O–H groups in total. The molecule has 13 rings (SSSR count). The first-order chi connectivity index (χ1) is 31.7. The van der Waals surface area contributed by atoms with Crippen LogP contribution in [0.25, 0.3) is 133 Å². The minimum atomic E-state index is 0.655. The molecule has 5 heteroatoms. The van der Waals surface area contributed by atoms with Gasteiger partial charge in [0.05, 0.1) is 22.6 Å². The lowest BCUT2D eigenvalue weighted by molar-refractivity contribution is 0.669. The van der Waals surface area contributed by atoms with Gasteiger partial charge >= 0.3 is 0 Å². The molecule has 0 radical (unpaired) electrons. The van der Waals surface area contributed by atoms with Crippen molar-refractivity contribution in [3.05, 3.63) is 212 Å². The predicted octanol–water partition coefficient (Wildman–Crippen LogP) is 16.0. The van der Waals surface area contributed by atoms with Gasteiger partial charge in [-0.25, -0.2) is 15.0 Å². The molecule has 0 spiro atoms. The van der Waals surface area contributed by atoms with E-state index in [2.05, 4.69) is 164 Å². The summed E-state index contributed by atoms with van der Waals surface area (Å²) in [6.07, 6.45) is 0. The number of para-hydroxylation sites is 4. The molecule has 298 valence electrons. The summed E-state index contributed by atoms with van der Waals surface area (Å²) in [6.45, 7) is 0. The maximum Gasteiger partial charge on any atom is 0.160 e. The second-order valence-corrected chi connectivity index (χ2v) is 16.3. The molecule has 0 fully saturated rings. The summed E-state index contributed by atoms with van der Waals surface area (Å²) in [5.74, 6) is 0.655. The fourth-order valence-corrected chi connectivity index (χ4v) is 9.48. The van der Waals surface area contributed by atoms with Crippen molar-refractivity contribution in [2.24, 2.45) is 0 Å². The number of rotatable bonds is 6. The molecule has 9 aromatic carbocycles. The number of hydrogen-bond acceptors (Lipinski definition) is 5. The molecule has 0 atom stereocenters. The molecule has 0 unspecified atom stereocenters. The highest BCUT2D eigenvalue weighted by Gasteiger charge is 2.22. The van der Waals surface area contributed by atoms with E-state index in [-0.39, 0.29) is 0 Å². The fraction of sp³-hybridized carbons (Fsp3) is 0. The summed E-state index contributed by atoms with van der Waals surface area (Å²) in [7, 11) is 0. The zero-order valence-corrected chi connectivity index (χ0v) is 34.4. The number of pyridine rings is 1. The first kappa shape index (κ1) is 36.0. The van der Waals surface area contributed by atoms with Crippen LogP contribution in [-0.4, -0.2) is 15.0 Å². The monoisotopic (exact) mass is 817 g/mol. The lowest BCUT2D eigenvalue weighted by Crippen LogP contribution is -1.96. The van der Waals surface area contributed by atoms with E-state index in [9.17, 15) is 0 Å². The third-order valence-electron chi connectivity index (χ3n) is 12.5. The summed E-state index contributed by atoms with van der Waals surface area (Å²) in [6, 6.07) is 73.6. The Bertz CT molecular complexity index is 3930. The predicted molar refractivity (Wildman–Crippen MR) is 262 cm³/mol. The van der Waals surface area contributed by atoms with Gasteiger partial charge in [-0.2, -0.15) is 0 Å². The Kier molecular flexibility index (Phi) is 8.15. The molecule has 0 bridgehead atoms. The molecule has 13 aromatic rings. The van der Waals surface area contributed by atoms with E-state index >= 15 is 0 Å². The quantitative estimate of drug-likeness (QED) is 0.156. The molecular weight excluding hydrogens is 783 g/mol. The fourth-order valence-electron chi connectivity index (χ4n) is 9.48. The van der Waals surface area contributed by atoms with Crippen LogP contribution in [-0.2, 0) is 0 Å². The molecule has 0 aliphatic carbocycles. The lowest BCUT2D eigenvalue weighted by atomic mass is 9.89. The van der Waals surface area contributed by atoms with E-state index in [1.165, 1.54) is 0 Å². The Morgan fingerprint density at radius 1 is 0.312 bits per heavy atom. The number of aromatic nitrogens is 3. The highest BCUT2D eigenvalue weighted by Crippen LogP contribution is 2.46. The van der Waals surface area contributed by atoms with Gasteiger partial charge in [0.15, 0.2) is 5.82 Å². The highest BCUT2D eigenvalue weighted by atomic mass is 16.3. The van der Waals surface area contributed by atoms with Crippen LogP contribution in [0.2, 0.25) is 0 Å². The van der Waals surface area contributed by atoms with Gasteiger partial charge in [0.2, 0.25) is 0 Å².